The van der Waals surface area contributed by atoms with Gasteiger partial charge in [-0.05, 0) is 12.5 Å². The predicted octanol–water partition coefficient (Wildman–Crippen LogP) is 3.04. The number of pyridine rings is 1. The number of rotatable bonds is 6. The highest BCUT2D eigenvalue weighted by Gasteiger charge is 2.12. The van der Waals surface area contributed by atoms with E-state index in [9.17, 15) is 4.79 Å². The van der Waals surface area contributed by atoms with Crippen LogP contribution in [0.1, 0.15) is 36.5 Å². The number of nitrogens with zero attached hydrogens (tertiary/aromatic N) is 1. The lowest BCUT2D eigenvalue weighted by atomic mass is 10.2. The SMILES string of the molecule is CCCCCNc1nccc(C(=O)O)c1Cl. The highest BCUT2D eigenvalue weighted by atomic mass is 35.5. The first-order valence-electron chi connectivity index (χ1n) is 5.28. The number of aromatic carboxylic acids is 1. The van der Waals surface area contributed by atoms with Crippen LogP contribution in [0.25, 0.3) is 0 Å². The van der Waals surface area contributed by atoms with Crippen molar-refractivity contribution >= 4 is 23.4 Å². The molecule has 0 aliphatic carbocycles. The Hall–Kier alpha value is -1.29. The molecule has 5 heteroatoms. The number of carboxylic acid groups (broad SMARTS) is 1. The molecule has 0 fully saturated rings. The van der Waals surface area contributed by atoms with Gasteiger partial charge in [-0.2, -0.15) is 0 Å². The number of aromatic nitrogens is 1. The molecule has 4 nitrogen and oxygen atoms in total. The second-order valence-electron chi connectivity index (χ2n) is 3.46. The molecule has 0 aliphatic rings. The van der Waals surface area contributed by atoms with Crippen LogP contribution in [0.4, 0.5) is 5.82 Å². The molecule has 2 N–H and O–H groups in total. The number of anilines is 1. The third kappa shape index (κ3) is 3.38. The number of carboxylic acids is 1. The zero-order valence-electron chi connectivity index (χ0n) is 9.16. The zero-order valence-corrected chi connectivity index (χ0v) is 9.92. The maximum absolute atomic E-state index is 10.8. The molecule has 1 rings (SSSR count). The minimum absolute atomic E-state index is 0.0784. The Morgan fingerprint density at radius 2 is 2.31 bits per heavy atom. The van der Waals surface area contributed by atoms with Crippen LogP contribution in [0.15, 0.2) is 12.3 Å². The molecule has 1 aromatic rings. The molecular weight excluding hydrogens is 228 g/mol. The van der Waals surface area contributed by atoms with Gasteiger partial charge in [-0.25, -0.2) is 9.78 Å². The maximum Gasteiger partial charge on any atom is 0.337 e. The van der Waals surface area contributed by atoms with Crippen LogP contribution < -0.4 is 5.32 Å². The van der Waals surface area contributed by atoms with Gasteiger partial charge in [-0.1, -0.05) is 31.4 Å². The van der Waals surface area contributed by atoms with E-state index in [1.54, 1.807) is 0 Å². The van der Waals surface area contributed by atoms with Gasteiger partial charge in [0.05, 0.1) is 10.6 Å². The van der Waals surface area contributed by atoms with Crippen LogP contribution in [-0.2, 0) is 0 Å². The molecule has 0 amide bonds. The van der Waals surface area contributed by atoms with E-state index in [0.29, 0.717) is 5.82 Å². The van der Waals surface area contributed by atoms with E-state index in [1.165, 1.54) is 12.3 Å². The number of carbonyl (C=O) groups is 1. The van der Waals surface area contributed by atoms with Crippen LogP contribution in [0.5, 0.6) is 0 Å². The average Bonchev–Trinajstić information content (AvgIpc) is 2.26. The highest BCUT2D eigenvalue weighted by molar-refractivity contribution is 6.35. The molecule has 1 heterocycles. The first-order chi connectivity index (χ1) is 7.66. The lowest BCUT2D eigenvalue weighted by Gasteiger charge is -2.08. The number of halogens is 1. The van der Waals surface area contributed by atoms with E-state index in [4.69, 9.17) is 16.7 Å². The number of unbranched alkanes of at least 4 members (excludes halogenated alkanes) is 2. The van der Waals surface area contributed by atoms with Crippen molar-refractivity contribution in [1.29, 1.82) is 0 Å². The molecule has 0 saturated heterocycles. The Balaban J connectivity index is 2.66. The molecule has 16 heavy (non-hydrogen) atoms. The quantitative estimate of drug-likeness (QED) is 0.753. The first-order valence-corrected chi connectivity index (χ1v) is 5.66. The maximum atomic E-state index is 10.8. The van der Waals surface area contributed by atoms with Gasteiger partial charge in [0.1, 0.15) is 5.82 Å². The fraction of sp³-hybridized carbons (Fsp3) is 0.455. The fourth-order valence-electron chi connectivity index (χ4n) is 1.31. The molecule has 0 spiro atoms. The van der Waals surface area contributed by atoms with E-state index in [1.807, 2.05) is 0 Å². The van der Waals surface area contributed by atoms with Crippen molar-refractivity contribution in [2.75, 3.05) is 11.9 Å². The summed E-state index contributed by atoms with van der Waals surface area (Å²) in [5.74, 6) is -0.596. The number of hydrogen-bond donors (Lipinski definition) is 2. The van der Waals surface area contributed by atoms with Crippen molar-refractivity contribution in [2.45, 2.75) is 26.2 Å². The zero-order chi connectivity index (χ0) is 12.0. The molecule has 0 unspecified atom stereocenters. The largest absolute Gasteiger partial charge is 0.478 e. The van der Waals surface area contributed by atoms with Gasteiger partial charge < -0.3 is 10.4 Å². The van der Waals surface area contributed by atoms with Gasteiger partial charge in [0, 0.05) is 12.7 Å². The Morgan fingerprint density at radius 3 is 2.94 bits per heavy atom. The third-order valence-corrected chi connectivity index (χ3v) is 2.58. The summed E-state index contributed by atoms with van der Waals surface area (Å²) >= 11 is 5.91. The smallest absolute Gasteiger partial charge is 0.337 e. The first kappa shape index (κ1) is 12.8. The molecule has 0 saturated carbocycles. The minimum atomic E-state index is -1.04. The molecule has 0 aromatic carbocycles. The van der Waals surface area contributed by atoms with E-state index in [-0.39, 0.29) is 10.6 Å². The lowest BCUT2D eigenvalue weighted by molar-refractivity contribution is 0.0697. The van der Waals surface area contributed by atoms with Gasteiger partial charge >= 0.3 is 5.97 Å². The normalized spacial score (nSPS) is 10.1. The highest BCUT2D eigenvalue weighted by Crippen LogP contribution is 2.23. The van der Waals surface area contributed by atoms with Crippen LogP contribution in [0, 0.1) is 0 Å². The summed E-state index contributed by atoms with van der Waals surface area (Å²) in [4.78, 5) is 14.8. The Kier molecular flexibility index (Phi) is 5.05. The third-order valence-electron chi connectivity index (χ3n) is 2.19. The van der Waals surface area contributed by atoms with Crippen molar-refractivity contribution in [3.05, 3.63) is 22.8 Å². The second-order valence-corrected chi connectivity index (χ2v) is 3.84. The number of nitrogens with one attached hydrogen (secondary N) is 1. The molecular formula is C11H15ClN2O2. The molecule has 0 atom stereocenters. The van der Waals surface area contributed by atoms with Crippen LogP contribution in [-0.4, -0.2) is 22.6 Å². The van der Waals surface area contributed by atoms with Crippen LogP contribution in [0.3, 0.4) is 0 Å². The van der Waals surface area contributed by atoms with Crippen LogP contribution in [0.2, 0.25) is 5.02 Å². The van der Waals surface area contributed by atoms with E-state index in [2.05, 4.69) is 17.2 Å². The van der Waals surface area contributed by atoms with Gasteiger partial charge in [-0.15, -0.1) is 0 Å². The predicted molar refractivity (Wildman–Crippen MR) is 64.2 cm³/mol. The molecule has 0 radical (unpaired) electrons. The van der Waals surface area contributed by atoms with E-state index >= 15 is 0 Å². The van der Waals surface area contributed by atoms with E-state index < -0.39 is 5.97 Å². The van der Waals surface area contributed by atoms with Crippen molar-refractivity contribution in [1.82, 2.24) is 4.98 Å². The molecule has 88 valence electrons. The topological polar surface area (TPSA) is 62.2 Å². The standard InChI is InChI=1S/C11H15ClN2O2/c1-2-3-4-6-13-10-9(12)8(11(15)16)5-7-14-10/h5,7H,2-4,6H2,1H3,(H,13,14)(H,15,16). The Labute approximate surface area is 99.6 Å². The summed E-state index contributed by atoms with van der Waals surface area (Å²) in [5.41, 5.74) is 0.0784. The second kappa shape index (κ2) is 6.33. The molecule has 0 bridgehead atoms. The summed E-state index contributed by atoms with van der Waals surface area (Å²) in [7, 11) is 0. The summed E-state index contributed by atoms with van der Waals surface area (Å²) in [6.07, 6.45) is 4.73. The van der Waals surface area contributed by atoms with Gasteiger partial charge in [0.2, 0.25) is 0 Å². The summed E-state index contributed by atoms with van der Waals surface area (Å²) in [6.45, 7) is 2.87. The Bertz CT molecular complexity index is 369. The van der Waals surface area contributed by atoms with Gasteiger partial charge in [0.25, 0.3) is 0 Å². The summed E-state index contributed by atoms with van der Waals surface area (Å²) < 4.78 is 0. The minimum Gasteiger partial charge on any atom is -0.478 e. The summed E-state index contributed by atoms with van der Waals surface area (Å²) in [5, 5.41) is 12.1. The van der Waals surface area contributed by atoms with E-state index in [0.717, 1.165) is 25.8 Å². The Morgan fingerprint density at radius 1 is 1.56 bits per heavy atom. The van der Waals surface area contributed by atoms with Crippen molar-refractivity contribution in [3.63, 3.8) is 0 Å². The fourth-order valence-corrected chi connectivity index (χ4v) is 1.57. The number of hydrogen-bond acceptors (Lipinski definition) is 3. The lowest BCUT2D eigenvalue weighted by Crippen LogP contribution is -2.06. The van der Waals surface area contributed by atoms with Crippen molar-refractivity contribution in [2.24, 2.45) is 0 Å². The van der Waals surface area contributed by atoms with Gasteiger partial charge in [0.15, 0.2) is 0 Å². The van der Waals surface area contributed by atoms with Crippen molar-refractivity contribution < 1.29 is 9.90 Å². The van der Waals surface area contributed by atoms with Crippen LogP contribution >= 0.6 is 11.6 Å². The summed E-state index contributed by atoms with van der Waals surface area (Å²) in [6, 6.07) is 1.39. The monoisotopic (exact) mass is 242 g/mol. The average molecular weight is 243 g/mol. The van der Waals surface area contributed by atoms with Gasteiger partial charge in [-0.3, -0.25) is 0 Å². The van der Waals surface area contributed by atoms with Crippen molar-refractivity contribution in [3.8, 4) is 0 Å². The molecule has 1 aromatic heterocycles. The molecule has 0 aliphatic heterocycles.